The lowest BCUT2D eigenvalue weighted by Gasteiger charge is -2.30. The number of rotatable bonds is 6. The molecule has 4 unspecified atom stereocenters. The van der Waals surface area contributed by atoms with E-state index < -0.39 is 6.17 Å². The lowest BCUT2D eigenvalue weighted by Crippen LogP contribution is -2.24. The van der Waals surface area contributed by atoms with Crippen LogP contribution in [0.5, 0.6) is 0 Å². The first kappa shape index (κ1) is 13.7. The first-order valence-electron chi connectivity index (χ1n) is 6.94. The predicted molar refractivity (Wildman–Crippen MR) is 69.2 cm³/mol. The molecule has 0 bridgehead atoms. The number of hydrogen-bond donors (Lipinski definition) is 0. The van der Waals surface area contributed by atoms with Crippen LogP contribution >= 0.6 is 0 Å². The van der Waals surface area contributed by atoms with Gasteiger partial charge in [-0.2, -0.15) is 0 Å². The van der Waals surface area contributed by atoms with Crippen molar-refractivity contribution < 1.29 is 4.39 Å². The van der Waals surface area contributed by atoms with Crippen molar-refractivity contribution in [1.82, 2.24) is 0 Å². The summed E-state index contributed by atoms with van der Waals surface area (Å²) in [6.07, 6.45) is 9.31. The second-order valence-corrected chi connectivity index (χ2v) is 5.57. The molecule has 0 heterocycles. The summed E-state index contributed by atoms with van der Waals surface area (Å²) in [6.45, 7) is 8.34. The molecule has 0 aromatic rings. The zero-order valence-electron chi connectivity index (χ0n) is 10.9. The molecule has 0 N–H and O–H groups in total. The molecule has 0 radical (unpaired) electrons. The molecule has 0 nitrogen and oxygen atoms in total. The highest BCUT2D eigenvalue weighted by Gasteiger charge is 2.28. The van der Waals surface area contributed by atoms with Gasteiger partial charge in [0, 0.05) is 5.92 Å². The average molecular weight is 226 g/mol. The molecule has 1 rings (SSSR count). The summed E-state index contributed by atoms with van der Waals surface area (Å²) in [5, 5.41) is 0. The third-order valence-electron chi connectivity index (χ3n) is 4.07. The van der Waals surface area contributed by atoms with E-state index in [4.69, 9.17) is 0 Å². The summed E-state index contributed by atoms with van der Waals surface area (Å²) >= 11 is 0. The van der Waals surface area contributed by atoms with Gasteiger partial charge in [0.2, 0.25) is 0 Å². The normalized spacial score (nSPS) is 32.3. The molecule has 16 heavy (non-hydrogen) atoms. The van der Waals surface area contributed by atoms with Crippen LogP contribution in [0.3, 0.4) is 0 Å². The standard InChI is InChI=1S/C15H27F/c1-4-6-12(3)7-8-13-9-10-15(16)14(5-2)11-13/h5,12-15H,2,4,6-11H2,1,3H3. The van der Waals surface area contributed by atoms with Gasteiger partial charge in [-0.3, -0.25) is 0 Å². The molecule has 0 aromatic heterocycles. The fourth-order valence-electron chi connectivity index (χ4n) is 2.92. The van der Waals surface area contributed by atoms with Crippen LogP contribution in [-0.4, -0.2) is 6.17 Å². The minimum Gasteiger partial charge on any atom is -0.247 e. The summed E-state index contributed by atoms with van der Waals surface area (Å²) in [6, 6.07) is 0. The fourth-order valence-corrected chi connectivity index (χ4v) is 2.92. The van der Waals surface area contributed by atoms with Gasteiger partial charge in [0.1, 0.15) is 6.17 Å². The van der Waals surface area contributed by atoms with Gasteiger partial charge in [0.25, 0.3) is 0 Å². The first-order valence-corrected chi connectivity index (χ1v) is 6.94. The van der Waals surface area contributed by atoms with Gasteiger partial charge in [-0.15, -0.1) is 6.58 Å². The molecule has 0 aromatic carbocycles. The summed E-state index contributed by atoms with van der Waals surface area (Å²) in [5.74, 6) is 1.71. The predicted octanol–water partition coefficient (Wildman–Crippen LogP) is 5.14. The van der Waals surface area contributed by atoms with Crippen LogP contribution in [0.15, 0.2) is 12.7 Å². The molecule has 94 valence electrons. The minimum absolute atomic E-state index is 0.125. The maximum absolute atomic E-state index is 13.5. The highest BCUT2D eigenvalue weighted by atomic mass is 19.1. The van der Waals surface area contributed by atoms with Crippen molar-refractivity contribution in [1.29, 1.82) is 0 Å². The van der Waals surface area contributed by atoms with E-state index in [0.29, 0.717) is 0 Å². The van der Waals surface area contributed by atoms with Crippen LogP contribution in [0, 0.1) is 17.8 Å². The summed E-state index contributed by atoms with van der Waals surface area (Å²) in [4.78, 5) is 0. The zero-order chi connectivity index (χ0) is 12.0. The monoisotopic (exact) mass is 226 g/mol. The summed E-state index contributed by atoms with van der Waals surface area (Å²) < 4.78 is 13.5. The first-order chi connectivity index (χ1) is 7.67. The van der Waals surface area contributed by atoms with Crippen LogP contribution in [-0.2, 0) is 0 Å². The number of hydrogen-bond acceptors (Lipinski definition) is 0. The highest BCUT2D eigenvalue weighted by Crippen LogP contribution is 2.35. The van der Waals surface area contributed by atoms with Gasteiger partial charge in [-0.1, -0.05) is 45.6 Å². The minimum atomic E-state index is -0.623. The largest absolute Gasteiger partial charge is 0.247 e. The Bertz CT molecular complexity index is 200. The molecule has 1 heteroatoms. The maximum Gasteiger partial charge on any atom is 0.106 e. The van der Waals surface area contributed by atoms with Crippen molar-refractivity contribution in [3.05, 3.63) is 12.7 Å². The Morgan fingerprint density at radius 1 is 1.38 bits per heavy atom. The average Bonchev–Trinajstić information content (AvgIpc) is 2.28. The van der Waals surface area contributed by atoms with Crippen LogP contribution < -0.4 is 0 Å². The van der Waals surface area contributed by atoms with E-state index in [1.807, 2.05) is 6.08 Å². The fraction of sp³-hybridized carbons (Fsp3) is 0.867. The molecule has 0 saturated heterocycles. The smallest absolute Gasteiger partial charge is 0.106 e. The van der Waals surface area contributed by atoms with Gasteiger partial charge >= 0.3 is 0 Å². The van der Waals surface area contributed by atoms with Gasteiger partial charge in [-0.05, 0) is 31.1 Å². The zero-order valence-corrected chi connectivity index (χ0v) is 10.9. The molecular formula is C15H27F. The van der Waals surface area contributed by atoms with Gasteiger partial charge in [0.15, 0.2) is 0 Å². The van der Waals surface area contributed by atoms with E-state index in [9.17, 15) is 4.39 Å². The maximum atomic E-state index is 13.5. The van der Waals surface area contributed by atoms with Crippen LogP contribution in [0.4, 0.5) is 4.39 Å². The van der Waals surface area contributed by atoms with E-state index in [2.05, 4.69) is 20.4 Å². The van der Waals surface area contributed by atoms with Crippen molar-refractivity contribution in [3.63, 3.8) is 0 Å². The third-order valence-corrected chi connectivity index (χ3v) is 4.07. The Balaban J connectivity index is 2.25. The second kappa shape index (κ2) is 7.09. The van der Waals surface area contributed by atoms with E-state index in [-0.39, 0.29) is 5.92 Å². The van der Waals surface area contributed by atoms with Crippen molar-refractivity contribution in [2.75, 3.05) is 0 Å². The molecule has 0 amide bonds. The lowest BCUT2D eigenvalue weighted by atomic mass is 9.77. The molecule has 1 fully saturated rings. The molecule has 1 aliphatic rings. The molecular weight excluding hydrogens is 199 g/mol. The van der Waals surface area contributed by atoms with Crippen LogP contribution in [0.25, 0.3) is 0 Å². The SMILES string of the molecule is C=CC1CC(CCC(C)CCC)CCC1F. The molecule has 1 aliphatic carbocycles. The Morgan fingerprint density at radius 3 is 2.75 bits per heavy atom. The van der Waals surface area contributed by atoms with E-state index in [0.717, 1.165) is 31.1 Å². The van der Waals surface area contributed by atoms with Crippen molar-refractivity contribution >= 4 is 0 Å². The van der Waals surface area contributed by atoms with E-state index in [1.54, 1.807) is 0 Å². The Hall–Kier alpha value is -0.330. The number of halogens is 1. The van der Waals surface area contributed by atoms with Crippen molar-refractivity contribution in [2.24, 2.45) is 17.8 Å². The Kier molecular flexibility index (Phi) is 6.08. The van der Waals surface area contributed by atoms with Crippen molar-refractivity contribution in [3.8, 4) is 0 Å². The van der Waals surface area contributed by atoms with Gasteiger partial charge < -0.3 is 0 Å². The molecule has 4 atom stereocenters. The Morgan fingerprint density at radius 2 is 2.12 bits per heavy atom. The van der Waals surface area contributed by atoms with Crippen LogP contribution in [0.2, 0.25) is 0 Å². The second-order valence-electron chi connectivity index (χ2n) is 5.57. The molecule has 0 aliphatic heterocycles. The topological polar surface area (TPSA) is 0 Å². The summed E-state index contributed by atoms with van der Waals surface area (Å²) in [5.41, 5.74) is 0. The number of alkyl halides is 1. The molecule has 1 saturated carbocycles. The summed E-state index contributed by atoms with van der Waals surface area (Å²) in [7, 11) is 0. The quantitative estimate of drug-likeness (QED) is 0.550. The van der Waals surface area contributed by atoms with Gasteiger partial charge in [0.05, 0.1) is 0 Å². The Labute approximate surface area is 100 Å². The third kappa shape index (κ3) is 4.27. The van der Waals surface area contributed by atoms with Crippen LogP contribution in [0.1, 0.15) is 58.8 Å². The van der Waals surface area contributed by atoms with E-state index >= 15 is 0 Å². The van der Waals surface area contributed by atoms with Gasteiger partial charge in [-0.25, -0.2) is 4.39 Å². The highest BCUT2D eigenvalue weighted by molar-refractivity contribution is 4.90. The molecule has 0 spiro atoms. The van der Waals surface area contributed by atoms with Crippen molar-refractivity contribution in [2.45, 2.75) is 65.0 Å². The lowest BCUT2D eigenvalue weighted by molar-refractivity contribution is 0.149. The van der Waals surface area contributed by atoms with E-state index in [1.165, 1.54) is 25.7 Å². The number of allylic oxidation sites excluding steroid dienone is 1.